The van der Waals surface area contributed by atoms with Gasteiger partial charge in [0.15, 0.2) is 5.78 Å². The van der Waals surface area contributed by atoms with Gasteiger partial charge in [-0.1, -0.05) is 42.6 Å². The normalized spacial score (nSPS) is 11.5. The number of carbonyl (C=O) groups excluding carboxylic acids is 1. The molecule has 0 spiro atoms. The van der Waals surface area contributed by atoms with E-state index in [1.54, 1.807) is 0 Å². The third-order valence-electron chi connectivity index (χ3n) is 3.70. The average Bonchev–Trinajstić information content (AvgIpc) is 2.45. The van der Waals surface area contributed by atoms with Crippen molar-refractivity contribution in [2.75, 3.05) is 11.9 Å². The summed E-state index contributed by atoms with van der Waals surface area (Å²) >= 11 is 3.59. The van der Waals surface area contributed by atoms with Crippen LogP contribution in [0, 0.1) is 11.2 Å². The topological polar surface area (TPSA) is 26.3 Å². The molecule has 0 aliphatic carbocycles. The lowest BCUT2D eigenvalue weighted by molar-refractivity contribution is 0.100. The van der Waals surface area contributed by atoms with Gasteiger partial charge in [0.1, 0.15) is 11.6 Å². The maximum Gasteiger partial charge on any atom is 0.163 e. The van der Waals surface area contributed by atoms with Crippen molar-refractivity contribution in [1.29, 1.82) is 0 Å². The number of rotatable bonds is 9. The summed E-state index contributed by atoms with van der Waals surface area (Å²) in [5.74, 6) is -0.147. The first-order valence-corrected chi connectivity index (χ1v) is 8.59. The SMILES string of the molecule is CCCC(CBr)(CCC)COc1cc(F)ccc1C(C)=O. The van der Waals surface area contributed by atoms with Gasteiger partial charge in [0.2, 0.25) is 0 Å². The molecule has 0 fully saturated rings. The fourth-order valence-corrected chi connectivity index (χ4v) is 3.36. The van der Waals surface area contributed by atoms with E-state index in [2.05, 4.69) is 29.8 Å². The van der Waals surface area contributed by atoms with Gasteiger partial charge >= 0.3 is 0 Å². The van der Waals surface area contributed by atoms with Crippen LogP contribution in [0.25, 0.3) is 0 Å². The molecule has 0 amide bonds. The zero-order valence-corrected chi connectivity index (χ0v) is 14.6. The van der Waals surface area contributed by atoms with Crippen molar-refractivity contribution in [1.82, 2.24) is 0 Å². The average molecular weight is 359 g/mol. The predicted octanol–water partition coefficient (Wildman–Crippen LogP) is 5.39. The van der Waals surface area contributed by atoms with E-state index < -0.39 is 0 Å². The standard InChI is InChI=1S/C17H24BrFO2/c1-4-8-17(11-18,9-5-2)12-21-16-10-14(19)6-7-15(16)13(3)20/h6-7,10H,4-5,8-9,11-12H2,1-3H3. The number of hydrogen-bond donors (Lipinski definition) is 0. The Balaban J connectivity index is 2.93. The Morgan fingerprint density at radius 2 is 1.90 bits per heavy atom. The molecule has 4 heteroatoms. The Morgan fingerprint density at radius 3 is 2.38 bits per heavy atom. The first kappa shape index (κ1) is 18.1. The van der Waals surface area contributed by atoms with Crippen molar-refractivity contribution in [2.24, 2.45) is 5.41 Å². The molecule has 0 aliphatic rings. The Hall–Kier alpha value is -0.900. The van der Waals surface area contributed by atoms with Crippen LogP contribution in [-0.2, 0) is 0 Å². The number of ether oxygens (including phenoxy) is 1. The summed E-state index contributed by atoms with van der Waals surface area (Å²) in [6.45, 7) is 6.26. The maximum atomic E-state index is 13.4. The zero-order valence-electron chi connectivity index (χ0n) is 13.0. The molecule has 0 radical (unpaired) electrons. The zero-order chi connectivity index (χ0) is 15.9. The number of hydrogen-bond acceptors (Lipinski definition) is 2. The number of benzene rings is 1. The van der Waals surface area contributed by atoms with Gasteiger partial charge in [-0.15, -0.1) is 0 Å². The van der Waals surface area contributed by atoms with Gasteiger partial charge in [-0.2, -0.15) is 0 Å². The minimum atomic E-state index is -0.384. The lowest BCUT2D eigenvalue weighted by Gasteiger charge is -2.31. The highest BCUT2D eigenvalue weighted by molar-refractivity contribution is 9.09. The minimum Gasteiger partial charge on any atom is -0.492 e. The summed E-state index contributed by atoms with van der Waals surface area (Å²) < 4.78 is 19.3. The smallest absolute Gasteiger partial charge is 0.163 e. The maximum absolute atomic E-state index is 13.4. The number of halogens is 2. The fourth-order valence-electron chi connectivity index (χ4n) is 2.64. The van der Waals surface area contributed by atoms with E-state index in [-0.39, 0.29) is 17.0 Å². The molecular weight excluding hydrogens is 335 g/mol. The highest BCUT2D eigenvalue weighted by Crippen LogP contribution is 2.33. The Kier molecular flexibility index (Phi) is 7.36. The van der Waals surface area contributed by atoms with Gasteiger partial charge in [-0.05, 0) is 31.9 Å². The quantitative estimate of drug-likeness (QED) is 0.437. The Labute approximate surface area is 135 Å². The molecule has 0 saturated carbocycles. The van der Waals surface area contributed by atoms with Crippen molar-refractivity contribution in [3.05, 3.63) is 29.6 Å². The number of alkyl halides is 1. The van der Waals surface area contributed by atoms with Crippen LogP contribution in [0.5, 0.6) is 5.75 Å². The van der Waals surface area contributed by atoms with E-state index in [9.17, 15) is 9.18 Å². The summed E-state index contributed by atoms with van der Waals surface area (Å²) in [4.78, 5) is 11.6. The van der Waals surface area contributed by atoms with E-state index in [0.717, 1.165) is 31.0 Å². The van der Waals surface area contributed by atoms with Gasteiger partial charge in [-0.25, -0.2) is 4.39 Å². The van der Waals surface area contributed by atoms with Crippen LogP contribution in [-0.4, -0.2) is 17.7 Å². The molecule has 0 atom stereocenters. The number of Topliss-reactive ketones (excluding diaryl/α,β-unsaturated/α-hetero) is 1. The van der Waals surface area contributed by atoms with Crippen molar-refractivity contribution in [3.63, 3.8) is 0 Å². The second kappa shape index (κ2) is 8.52. The third kappa shape index (κ3) is 5.10. The lowest BCUT2D eigenvalue weighted by atomic mass is 9.82. The second-order valence-electron chi connectivity index (χ2n) is 5.62. The minimum absolute atomic E-state index is 0.0316. The van der Waals surface area contributed by atoms with Gasteiger partial charge in [-0.3, -0.25) is 4.79 Å². The van der Waals surface area contributed by atoms with Gasteiger partial charge in [0, 0.05) is 16.8 Å². The van der Waals surface area contributed by atoms with Crippen LogP contribution in [0.3, 0.4) is 0 Å². The van der Waals surface area contributed by atoms with E-state index in [4.69, 9.17) is 4.74 Å². The van der Waals surface area contributed by atoms with Crippen LogP contribution in [0.2, 0.25) is 0 Å². The molecule has 2 nitrogen and oxygen atoms in total. The molecule has 0 heterocycles. The summed E-state index contributed by atoms with van der Waals surface area (Å²) in [5.41, 5.74) is 0.469. The highest BCUT2D eigenvalue weighted by atomic mass is 79.9. The third-order valence-corrected chi connectivity index (χ3v) is 4.89. The second-order valence-corrected chi connectivity index (χ2v) is 6.18. The van der Waals surface area contributed by atoms with Gasteiger partial charge in [0.05, 0.1) is 12.2 Å². The summed E-state index contributed by atoms with van der Waals surface area (Å²) in [7, 11) is 0. The van der Waals surface area contributed by atoms with Crippen molar-refractivity contribution >= 4 is 21.7 Å². The van der Waals surface area contributed by atoms with E-state index >= 15 is 0 Å². The molecule has 118 valence electrons. The van der Waals surface area contributed by atoms with Crippen molar-refractivity contribution < 1.29 is 13.9 Å². The molecule has 0 N–H and O–H groups in total. The van der Waals surface area contributed by atoms with E-state index in [0.29, 0.717) is 17.9 Å². The van der Waals surface area contributed by atoms with E-state index in [1.807, 2.05) is 0 Å². The predicted molar refractivity (Wildman–Crippen MR) is 87.9 cm³/mol. The van der Waals surface area contributed by atoms with Gasteiger partial charge < -0.3 is 4.74 Å². The summed E-state index contributed by atoms with van der Waals surface area (Å²) in [6, 6.07) is 4.08. The first-order valence-electron chi connectivity index (χ1n) is 7.47. The summed E-state index contributed by atoms with van der Waals surface area (Å²) in [5, 5.41) is 0.840. The fraction of sp³-hybridized carbons (Fsp3) is 0.588. The molecule has 21 heavy (non-hydrogen) atoms. The van der Waals surface area contributed by atoms with Crippen molar-refractivity contribution in [3.8, 4) is 5.75 Å². The molecular formula is C17H24BrFO2. The molecule has 0 aromatic heterocycles. The van der Waals surface area contributed by atoms with Gasteiger partial charge in [0.25, 0.3) is 0 Å². The van der Waals surface area contributed by atoms with Crippen LogP contribution < -0.4 is 4.74 Å². The lowest BCUT2D eigenvalue weighted by Crippen LogP contribution is -2.30. The molecule has 0 saturated heterocycles. The van der Waals surface area contributed by atoms with Crippen molar-refractivity contribution in [2.45, 2.75) is 46.5 Å². The highest BCUT2D eigenvalue weighted by Gasteiger charge is 2.28. The molecule has 1 rings (SSSR count). The molecule has 1 aromatic carbocycles. The van der Waals surface area contributed by atoms with Crippen LogP contribution in [0.4, 0.5) is 4.39 Å². The number of ketones is 1. The van der Waals surface area contributed by atoms with Crippen LogP contribution >= 0.6 is 15.9 Å². The Morgan fingerprint density at radius 1 is 1.29 bits per heavy atom. The molecule has 1 aromatic rings. The number of carbonyl (C=O) groups is 1. The molecule has 0 unspecified atom stereocenters. The molecule has 0 aliphatic heterocycles. The van der Waals surface area contributed by atoms with Crippen LogP contribution in [0.15, 0.2) is 18.2 Å². The van der Waals surface area contributed by atoms with Crippen LogP contribution in [0.1, 0.15) is 56.8 Å². The monoisotopic (exact) mass is 358 g/mol. The first-order chi connectivity index (χ1) is 9.98. The summed E-state index contributed by atoms with van der Waals surface area (Å²) in [6.07, 6.45) is 4.21. The largest absolute Gasteiger partial charge is 0.492 e. The van der Waals surface area contributed by atoms with E-state index in [1.165, 1.54) is 25.1 Å². The Bertz CT molecular complexity index is 468. The molecule has 0 bridgehead atoms.